The van der Waals surface area contributed by atoms with Gasteiger partial charge in [0.25, 0.3) is 0 Å². The molecule has 22 heavy (non-hydrogen) atoms. The lowest BCUT2D eigenvalue weighted by molar-refractivity contribution is 0.193. The largest absolute Gasteiger partial charge is 0.387 e. The summed E-state index contributed by atoms with van der Waals surface area (Å²) in [6.45, 7) is 2.03. The Balaban J connectivity index is 1.81. The van der Waals surface area contributed by atoms with E-state index < -0.39 is 17.7 Å². The fraction of sp³-hybridized carbons (Fsp3) is 0.200. The van der Waals surface area contributed by atoms with E-state index in [4.69, 9.17) is 0 Å². The van der Waals surface area contributed by atoms with E-state index in [0.29, 0.717) is 17.9 Å². The number of aromatic nitrogens is 4. The highest BCUT2D eigenvalue weighted by molar-refractivity contribution is 5.33. The lowest BCUT2D eigenvalue weighted by Crippen LogP contribution is -2.05. The molecule has 1 atom stereocenters. The van der Waals surface area contributed by atoms with E-state index in [-0.39, 0.29) is 5.69 Å². The fourth-order valence-corrected chi connectivity index (χ4v) is 2.10. The van der Waals surface area contributed by atoms with Crippen molar-refractivity contribution in [1.29, 1.82) is 0 Å². The van der Waals surface area contributed by atoms with Crippen LogP contribution in [0.1, 0.15) is 24.4 Å². The molecule has 0 fully saturated rings. The normalized spacial score (nSPS) is 12.5. The van der Waals surface area contributed by atoms with E-state index in [0.717, 1.165) is 6.07 Å². The second kappa shape index (κ2) is 5.69. The van der Waals surface area contributed by atoms with Crippen LogP contribution in [0.3, 0.4) is 0 Å². The summed E-state index contributed by atoms with van der Waals surface area (Å²) in [5.41, 5.74) is 1.42. The van der Waals surface area contributed by atoms with Gasteiger partial charge in [-0.05, 0) is 31.2 Å². The molecule has 7 heteroatoms. The molecule has 3 aromatic rings. The maximum absolute atomic E-state index is 13.7. The van der Waals surface area contributed by atoms with Crippen LogP contribution in [0, 0.1) is 11.6 Å². The highest BCUT2D eigenvalue weighted by atomic mass is 19.1. The lowest BCUT2D eigenvalue weighted by atomic mass is 10.3. The SMILES string of the molecule is CC(O)c1ccn(Cc2ccn(-c3ccc(F)cc3F)n2)n1. The van der Waals surface area contributed by atoms with Crippen molar-refractivity contribution in [2.24, 2.45) is 0 Å². The van der Waals surface area contributed by atoms with Gasteiger partial charge in [0.15, 0.2) is 5.82 Å². The molecule has 1 unspecified atom stereocenters. The maximum Gasteiger partial charge on any atom is 0.151 e. The van der Waals surface area contributed by atoms with Crippen molar-refractivity contribution in [2.75, 3.05) is 0 Å². The second-order valence-corrected chi connectivity index (χ2v) is 4.96. The first-order valence-corrected chi connectivity index (χ1v) is 6.74. The Hall–Kier alpha value is -2.54. The quantitative estimate of drug-likeness (QED) is 0.805. The van der Waals surface area contributed by atoms with E-state index in [1.54, 1.807) is 36.1 Å². The van der Waals surface area contributed by atoms with Crippen LogP contribution in [0.5, 0.6) is 0 Å². The summed E-state index contributed by atoms with van der Waals surface area (Å²) >= 11 is 0. The Morgan fingerprint density at radius 1 is 1.14 bits per heavy atom. The third-order valence-corrected chi connectivity index (χ3v) is 3.21. The van der Waals surface area contributed by atoms with E-state index in [1.807, 2.05) is 0 Å². The molecule has 0 saturated heterocycles. The van der Waals surface area contributed by atoms with Crippen molar-refractivity contribution in [1.82, 2.24) is 19.6 Å². The number of hydrogen-bond acceptors (Lipinski definition) is 3. The number of halogens is 2. The average Bonchev–Trinajstić information content (AvgIpc) is 3.09. The van der Waals surface area contributed by atoms with Crippen molar-refractivity contribution in [2.45, 2.75) is 19.6 Å². The second-order valence-electron chi connectivity index (χ2n) is 4.96. The molecule has 0 aliphatic heterocycles. The van der Waals surface area contributed by atoms with Crippen LogP contribution in [0.2, 0.25) is 0 Å². The number of hydrogen-bond donors (Lipinski definition) is 1. The highest BCUT2D eigenvalue weighted by Gasteiger charge is 2.09. The molecule has 0 radical (unpaired) electrons. The molecule has 5 nitrogen and oxygen atoms in total. The predicted molar refractivity (Wildman–Crippen MR) is 75.4 cm³/mol. The van der Waals surface area contributed by atoms with Crippen LogP contribution in [-0.2, 0) is 6.54 Å². The van der Waals surface area contributed by atoms with Gasteiger partial charge in [-0.25, -0.2) is 13.5 Å². The zero-order valence-corrected chi connectivity index (χ0v) is 11.8. The Bertz CT molecular complexity index is 794. The number of nitrogens with zero attached hydrogens (tertiary/aromatic N) is 4. The van der Waals surface area contributed by atoms with Gasteiger partial charge in [0, 0.05) is 18.5 Å². The molecule has 1 aromatic carbocycles. The third-order valence-electron chi connectivity index (χ3n) is 3.21. The van der Waals surface area contributed by atoms with Gasteiger partial charge in [0.2, 0.25) is 0 Å². The summed E-state index contributed by atoms with van der Waals surface area (Å²) in [4.78, 5) is 0. The Morgan fingerprint density at radius 2 is 1.95 bits per heavy atom. The first-order chi connectivity index (χ1) is 10.5. The van der Waals surface area contributed by atoms with Gasteiger partial charge < -0.3 is 5.11 Å². The maximum atomic E-state index is 13.7. The summed E-state index contributed by atoms with van der Waals surface area (Å²) in [5, 5.41) is 17.9. The molecule has 2 heterocycles. The lowest BCUT2D eigenvalue weighted by Gasteiger charge is -2.03. The minimum atomic E-state index is -0.676. The number of aliphatic hydroxyl groups is 1. The summed E-state index contributed by atoms with van der Waals surface area (Å²) in [6.07, 6.45) is 2.71. The summed E-state index contributed by atoms with van der Waals surface area (Å²) in [7, 11) is 0. The van der Waals surface area contributed by atoms with Gasteiger partial charge >= 0.3 is 0 Å². The molecule has 3 rings (SSSR count). The monoisotopic (exact) mass is 304 g/mol. The summed E-state index contributed by atoms with van der Waals surface area (Å²) < 4.78 is 29.6. The fourth-order valence-electron chi connectivity index (χ4n) is 2.10. The molecule has 114 valence electrons. The van der Waals surface area contributed by atoms with Crippen LogP contribution in [0.15, 0.2) is 42.7 Å². The first kappa shape index (κ1) is 14.4. The van der Waals surface area contributed by atoms with Crippen molar-refractivity contribution in [3.8, 4) is 5.69 Å². The number of benzene rings is 1. The van der Waals surface area contributed by atoms with Gasteiger partial charge in [-0.3, -0.25) is 4.68 Å². The van der Waals surface area contributed by atoms with Crippen LogP contribution >= 0.6 is 0 Å². The van der Waals surface area contributed by atoms with E-state index in [1.165, 1.54) is 16.8 Å². The number of rotatable bonds is 4. The zero-order chi connectivity index (χ0) is 15.7. The van der Waals surface area contributed by atoms with Gasteiger partial charge in [0.1, 0.15) is 11.5 Å². The van der Waals surface area contributed by atoms with Crippen molar-refractivity contribution < 1.29 is 13.9 Å². The van der Waals surface area contributed by atoms with Crippen LogP contribution in [0.4, 0.5) is 8.78 Å². The van der Waals surface area contributed by atoms with Crippen LogP contribution in [0.25, 0.3) is 5.69 Å². The average molecular weight is 304 g/mol. The summed E-state index contributed by atoms with van der Waals surface area (Å²) in [5.74, 6) is -1.30. The van der Waals surface area contributed by atoms with Crippen LogP contribution in [-0.4, -0.2) is 24.7 Å². The van der Waals surface area contributed by atoms with Gasteiger partial charge in [0.05, 0.1) is 24.0 Å². The summed E-state index contributed by atoms with van der Waals surface area (Å²) in [6, 6.07) is 6.79. The molecular formula is C15H14F2N4O. The van der Waals surface area contributed by atoms with Gasteiger partial charge in [-0.15, -0.1) is 0 Å². The third kappa shape index (κ3) is 2.89. The Morgan fingerprint density at radius 3 is 2.64 bits per heavy atom. The van der Waals surface area contributed by atoms with Gasteiger partial charge in [-0.2, -0.15) is 10.2 Å². The van der Waals surface area contributed by atoms with Crippen molar-refractivity contribution in [3.05, 3.63) is 65.7 Å². The van der Waals surface area contributed by atoms with E-state index >= 15 is 0 Å². The first-order valence-electron chi connectivity index (χ1n) is 6.74. The molecule has 2 aromatic heterocycles. The zero-order valence-electron chi connectivity index (χ0n) is 11.8. The minimum absolute atomic E-state index is 0.179. The molecule has 0 aliphatic rings. The van der Waals surface area contributed by atoms with Crippen molar-refractivity contribution >= 4 is 0 Å². The molecule has 0 spiro atoms. The van der Waals surface area contributed by atoms with Crippen LogP contribution < -0.4 is 0 Å². The molecule has 0 aliphatic carbocycles. The molecule has 0 saturated carbocycles. The molecule has 0 amide bonds. The standard InChI is InChI=1S/C15H14F2N4O/c1-10(22)14-5-6-20(19-14)9-12-4-7-21(18-12)15-3-2-11(16)8-13(15)17/h2-8,10,22H,9H2,1H3. The Kier molecular flexibility index (Phi) is 3.72. The number of aliphatic hydroxyl groups excluding tert-OH is 1. The topological polar surface area (TPSA) is 55.9 Å². The highest BCUT2D eigenvalue weighted by Crippen LogP contribution is 2.15. The Labute approximate surface area is 125 Å². The minimum Gasteiger partial charge on any atom is -0.387 e. The predicted octanol–water partition coefficient (Wildman–Crippen LogP) is 2.45. The molecule has 1 N–H and O–H groups in total. The van der Waals surface area contributed by atoms with E-state index in [9.17, 15) is 13.9 Å². The van der Waals surface area contributed by atoms with E-state index in [2.05, 4.69) is 10.2 Å². The van der Waals surface area contributed by atoms with Crippen molar-refractivity contribution in [3.63, 3.8) is 0 Å². The molecular weight excluding hydrogens is 290 g/mol. The van der Waals surface area contributed by atoms with Gasteiger partial charge in [-0.1, -0.05) is 0 Å². The molecule has 0 bridgehead atoms. The smallest absolute Gasteiger partial charge is 0.151 e.